The molecule has 0 aliphatic carbocycles. The summed E-state index contributed by atoms with van der Waals surface area (Å²) in [6.07, 6.45) is 0. The highest BCUT2D eigenvalue weighted by molar-refractivity contribution is 6.67. The van der Waals surface area contributed by atoms with Gasteiger partial charge < -0.3 is 5.73 Å². The summed E-state index contributed by atoms with van der Waals surface area (Å²) in [6.45, 7) is 5.00. The lowest BCUT2D eigenvalue weighted by Gasteiger charge is -2.00. The monoisotopic (exact) mass is 133 g/mol. The van der Waals surface area contributed by atoms with Crippen LogP contribution in [0.15, 0.2) is 12.2 Å². The minimum Gasteiger partial charge on any atom is -0.324 e. The Labute approximate surface area is 53.3 Å². The van der Waals surface area contributed by atoms with Gasteiger partial charge in [-0.15, -0.1) is 0 Å². The lowest BCUT2D eigenvalue weighted by molar-refractivity contribution is -0.108. The third-order valence-electron chi connectivity index (χ3n) is 0.802. The number of hydrogen-bond donors (Lipinski definition) is 1. The van der Waals surface area contributed by atoms with Gasteiger partial charge in [-0.3, -0.25) is 4.79 Å². The third-order valence-corrected chi connectivity index (χ3v) is 1.04. The second kappa shape index (κ2) is 2.84. The van der Waals surface area contributed by atoms with Gasteiger partial charge in [0.25, 0.3) is 0 Å². The molecule has 8 heavy (non-hydrogen) atoms. The Morgan fingerprint density at radius 1 is 1.88 bits per heavy atom. The van der Waals surface area contributed by atoms with E-state index in [4.69, 9.17) is 17.3 Å². The summed E-state index contributed by atoms with van der Waals surface area (Å²) in [6, 6.07) is -0.333. The van der Waals surface area contributed by atoms with Gasteiger partial charge in [0, 0.05) is 11.6 Å². The zero-order valence-corrected chi connectivity index (χ0v) is 5.40. The van der Waals surface area contributed by atoms with Crippen molar-refractivity contribution in [2.24, 2.45) is 5.73 Å². The van der Waals surface area contributed by atoms with Gasteiger partial charge in [-0.05, 0) is 18.5 Å². The van der Waals surface area contributed by atoms with Crippen molar-refractivity contribution in [3.8, 4) is 0 Å². The molecule has 0 aromatic heterocycles. The highest BCUT2D eigenvalue weighted by Crippen LogP contribution is 1.99. The minimum atomic E-state index is -0.556. The molecule has 0 saturated heterocycles. The van der Waals surface area contributed by atoms with Gasteiger partial charge in [0.05, 0.1) is 0 Å². The summed E-state index contributed by atoms with van der Waals surface area (Å²) in [5.41, 5.74) is 5.49. The smallest absolute Gasteiger partial charge is 0.249 e. The van der Waals surface area contributed by atoms with E-state index >= 15 is 0 Å². The number of carbonyl (C=O) groups excluding carboxylic acids is 1. The largest absolute Gasteiger partial charge is 0.324 e. The number of hydrogen-bond acceptors (Lipinski definition) is 2. The predicted molar refractivity (Wildman–Crippen MR) is 33.6 cm³/mol. The maximum Gasteiger partial charge on any atom is 0.249 e. The third kappa shape index (κ3) is 2.09. The number of carbonyl (C=O) groups is 1. The molecule has 2 N–H and O–H groups in total. The molecule has 0 spiro atoms. The molecule has 0 aromatic rings. The maximum absolute atomic E-state index is 10.2. The molecule has 46 valence electrons. The molecule has 0 rings (SSSR count). The second-order valence-electron chi connectivity index (χ2n) is 1.59. The van der Waals surface area contributed by atoms with E-state index in [1.807, 2.05) is 0 Å². The lowest BCUT2D eigenvalue weighted by Crippen LogP contribution is -2.20. The first kappa shape index (κ1) is 7.66. The Morgan fingerprint density at radius 3 is 2.25 bits per heavy atom. The van der Waals surface area contributed by atoms with Crippen molar-refractivity contribution >= 4 is 16.8 Å². The number of rotatable bonds is 2. The molecule has 0 aromatic carbocycles. The van der Waals surface area contributed by atoms with Gasteiger partial charge in [-0.2, -0.15) is 0 Å². The van der Waals surface area contributed by atoms with E-state index in [0.717, 1.165) is 0 Å². The van der Waals surface area contributed by atoms with Gasteiger partial charge >= 0.3 is 0 Å². The first-order valence-corrected chi connectivity index (χ1v) is 2.57. The summed E-state index contributed by atoms with van der Waals surface area (Å²) in [5.74, 6) is 0. The molecule has 1 atom stereocenters. The summed E-state index contributed by atoms with van der Waals surface area (Å²) < 4.78 is 0. The first-order chi connectivity index (χ1) is 3.55. The van der Waals surface area contributed by atoms with Crippen LogP contribution in [0.5, 0.6) is 0 Å². The van der Waals surface area contributed by atoms with E-state index in [0.29, 0.717) is 0 Å². The molecule has 0 radical (unpaired) electrons. The molecular weight excluding hydrogens is 126 g/mol. The van der Waals surface area contributed by atoms with E-state index in [1.54, 1.807) is 6.92 Å². The van der Waals surface area contributed by atoms with Crippen LogP contribution in [-0.2, 0) is 4.79 Å². The highest BCUT2D eigenvalue weighted by Gasteiger charge is 2.05. The Kier molecular flexibility index (Phi) is 2.72. The Hall–Kier alpha value is -0.340. The van der Waals surface area contributed by atoms with Crippen molar-refractivity contribution in [1.82, 2.24) is 0 Å². The van der Waals surface area contributed by atoms with Crippen LogP contribution in [0.4, 0.5) is 0 Å². The molecule has 0 amide bonds. The van der Waals surface area contributed by atoms with Gasteiger partial charge in [-0.1, -0.05) is 6.58 Å². The Bertz CT molecular complexity index is 120. The van der Waals surface area contributed by atoms with Crippen molar-refractivity contribution < 1.29 is 4.79 Å². The van der Waals surface area contributed by atoms with Gasteiger partial charge in [0.2, 0.25) is 5.24 Å². The average Bonchev–Trinajstić information content (AvgIpc) is 1.64. The lowest BCUT2D eigenvalue weighted by atomic mass is 10.2. The van der Waals surface area contributed by atoms with E-state index in [-0.39, 0.29) is 11.6 Å². The fourth-order valence-corrected chi connectivity index (χ4v) is 0.351. The molecule has 0 fully saturated rings. The van der Waals surface area contributed by atoms with Crippen LogP contribution in [0.3, 0.4) is 0 Å². The van der Waals surface area contributed by atoms with Crippen LogP contribution < -0.4 is 5.73 Å². The van der Waals surface area contributed by atoms with Crippen LogP contribution in [-0.4, -0.2) is 11.3 Å². The molecular formula is C5H8ClNO. The zero-order chi connectivity index (χ0) is 6.73. The average molecular weight is 134 g/mol. The standard InChI is InChI=1S/C5H8ClNO/c1-3(4(2)7)5(6)8/h4H,1,7H2,2H3. The Morgan fingerprint density at radius 2 is 2.25 bits per heavy atom. The van der Waals surface area contributed by atoms with Crippen molar-refractivity contribution in [2.45, 2.75) is 13.0 Å². The van der Waals surface area contributed by atoms with E-state index < -0.39 is 5.24 Å². The number of nitrogens with two attached hydrogens (primary N) is 1. The van der Waals surface area contributed by atoms with Gasteiger partial charge in [0.1, 0.15) is 0 Å². The molecule has 1 unspecified atom stereocenters. The molecule has 0 aliphatic rings. The second-order valence-corrected chi connectivity index (χ2v) is 1.93. The molecule has 3 heteroatoms. The van der Waals surface area contributed by atoms with Crippen molar-refractivity contribution in [3.63, 3.8) is 0 Å². The molecule has 0 heterocycles. The quantitative estimate of drug-likeness (QED) is 0.444. The fraction of sp³-hybridized carbons (Fsp3) is 0.400. The minimum absolute atomic E-state index is 0.256. The van der Waals surface area contributed by atoms with Crippen molar-refractivity contribution in [3.05, 3.63) is 12.2 Å². The van der Waals surface area contributed by atoms with Crippen LogP contribution in [0.2, 0.25) is 0 Å². The maximum atomic E-state index is 10.2. The summed E-state index contributed by atoms with van der Waals surface area (Å²) in [5, 5.41) is -0.556. The van der Waals surface area contributed by atoms with Gasteiger partial charge in [0.15, 0.2) is 0 Å². The van der Waals surface area contributed by atoms with E-state index in [1.165, 1.54) is 0 Å². The Balaban J connectivity index is 3.84. The van der Waals surface area contributed by atoms with Crippen LogP contribution >= 0.6 is 11.6 Å². The summed E-state index contributed by atoms with van der Waals surface area (Å²) in [4.78, 5) is 10.2. The van der Waals surface area contributed by atoms with Crippen LogP contribution in [0, 0.1) is 0 Å². The molecule has 0 aliphatic heterocycles. The predicted octanol–water partition coefficient (Wildman–Crippen LogP) is 0.655. The van der Waals surface area contributed by atoms with Crippen molar-refractivity contribution in [2.75, 3.05) is 0 Å². The fourth-order valence-electron chi connectivity index (χ4n) is 0.179. The van der Waals surface area contributed by atoms with Crippen LogP contribution in [0.1, 0.15) is 6.92 Å². The SMILES string of the molecule is C=C(C(=O)Cl)C(C)N. The van der Waals surface area contributed by atoms with E-state index in [9.17, 15) is 4.79 Å². The van der Waals surface area contributed by atoms with E-state index in [2.05, 4.69) is 6.58 Å². The summed E-state index contributed by atoms with van der Waals surface area (Å²) in [7, 11) is 0. The first-order valence-electron chi connectivity index (χ1n) is 2.20. The molecule has 0 bridgehead atoms. The van der Waals surface area contributed by atoms with Gasteiger partial charge in [-0.25, -0.2) is 0 Å². The number of halogens is 1. The van der Waals surface area contributed by atoms with Crippen molar-refractivity contribution in [1.29, 1.82) is 0 Å². The highest BCUT2D eigenvalue weighted by atomic mass is 35.5. The summed E-state index contributed by atoms with van der Waals surface area (Å²) >= 11 is 5.00. The zero-order valence-electron chi connectivity index (χ0n) is 4.65. The normalized spacial score (nSPS) is 12.9. The molecule has 0 saturated carbocycles. The topological polar surface area (TPSA) is 43.1 Å². The van der Waals surface area contributed by atoms with Crippen LogP contribution in [0.25, 0.3) is 0 Å². The molecule has 2 nitrogen and oxygen atoms in total.